The molecule has 6 nitrogen and oxygen atoms in total. The third-order valence-electron chi connectivity index (χ3n) is 6.34. The Labute approximate surface area is 172 Å². The van der Waals surface area contributed by atoms with Gasteiger partial charge in [-0.25, -0.2) is 0 Å². The van der Waals surface area contributed by atoms with Gasteiger partial charge in [0.05, 0.1) is 28.9 Å². The first-order valence-electron chi connectivity index (χ1n) is 9.86. The van der Waals surface area contributed by atoms with Gasteiger partial charge < -0.3 is 9.80 Å². The van der Waals surface area contributed by atoms with E-state index in [0.717, 1.165) is 12.1 Å². The molecule has 2 fully saturated rings. The first kappa shape index (κ1) is 20.4. The van der Waals surface area contributed by atoms with E-state index in [1.807, 2.05) is 11.8 Å². The van der Waals surface area contributed by atoms with E-state index >= 15 is 0 Å². The van der Waals surface area contributed by atoms with Crippen LogP contribution in [0, 0.1) is 0 Å². The zero-order valence-electron chi connectivity index (χ0n) is 16.8. The molecule has 0 aliphatic carbocycles. The SMILES string of the molecule is Cn1cc(C(=O)N2CC[C@@]3(C)[C@@H]2CCC(=O)N3Cc2ccc(C(F)(F)F)cc2)cn1. The molecule has 2 aliphatic rings. The van der Waals surface area contributed by atoms with Crippen LogP contribution < -0.4 is 0 Å². The average molecular weight is 420 g/mol. The van der Waals surface area contributed by atoms with Gasteiger partial charge in [0.25, 0.3) is 5.91 Å². The van der Waals surface area contributed by atoms with E-state index in [-0.39, 0.29) is 24.4 Å². The summed E-state index contributed by atoms with van der Waals surface area (Å²) in [5, 5.41) is 4.06. The monoisotopic (exact) mass is 420 g/mol. The summed E-state index contributed by atoms with van der Waals surface area (Å²) in [6, 6.07) is 4.76. The van der Waals surface area contributed by atoms with Crippen LogP contribution in [0.25, 0.3) is 0 Å². The maximum Gasteiger partial charge on any atom is 0.416 e. The Morgan fingerprint density at radius 2 is 1.97 bits per heavy atom. The topological polar surface area (TPSA) is 58.4 Å². The van der Waals surface area contributed by atoms with E-state index in [1.165, 1.54) is 18.3 Å². The Kier molecular flexibility index (Phi) is 4.86. The fourth-order valence-electron chi connectivity index (χ4n) is 4.66. The molecule has 0 N–H and O–H groups in total. The smallest absolute Gasteiger partial charge is 0.333 e. The highest BCUT2D eigenvalue weighted by Gasteiger charge is 2.53. The molecule has 4 rings (SSSR count). The molecule has 30 heavy (non-hydrogen) atoms. The second-order valence-corrected chi connectivity index (χ2v) is 8.24. The molecule has 2 atom stereocenters. The molecule has 1 aromatic heterocycles. The van der Waals surface area contributed by atoms with Crippen LogP contribution in [0.5, 0.6) is 0 Å². The van der Waals surface area contributed by atoms with Crippen molar-refractivity contribution < 1.29 is 22.8 Å². The normalized spacial score (nSPS) is 24.3. The van der Waals surface area contributed by atoms with Crippen molar-refractivity contribution in [3.63, 3.8) is 0 Å². The van der Waals surface area contributed by atoms with Gasteiger partial charge in [-0.2, -0.15) is 18.3 Å². The van der Waals surface area contributed by atoms with Crippen LogP contribution >= 0.6 is 0 Å². The van der Waals surface area contributed by atoms with Gasteiger partial charge in [0.1, 0.15) is 0 Å². The molecule has 2 amide bonds. The van der Waals surface area contributed by atoms with Gasteiger partial charge in [-0.05, 0) is 37.5 Å². The minimum absolute atomic E-state index is 0.0377. The Morgan fingerprint density at radius 3 is 2.57 bits per heavy atom. The van der Waals surface area contributed by atoms with Gasteiger partial charge in [0, 0.05) is 32.8 Å². The first-order chi connectivity index (χ1) is 14.1. The minimum atomic E-state index is -4.39. The van der Waals surface area contributed by atoms with Crippen molar-refractivity contribution in [3.05, 3.63) is 53.3 Å². The van der Waals surface area contributed by atoms with E-state index in [9.17, 15) is 22.8 Å². The van der Waals surface area contributed by atoms with E-state index in [4.69, 9.17) is 0 Å². The predicted molar refractivity (Wildman–Crippen MR) is 102 cm³/mol. The van der Waals surface area contributed by atoms with E-state index in [2.05, 4.69) is 5.10 Å². The van der Waals surface area contributed by atoms with Gasteiger partial charge >= 0.3 is 6.18 Å². The standard InChI is InChI=1S/C21H23F3N4O2/c1-20-9-10-27(19(30)15-11-25-26(2)13-15)17(20)7-8-18(29)28(20)12-14-3-5-16(6-4-14)21(22,23)24/h3-6,11,13,17H,7-10,12H2,1-2H3/t17-,20-/m0/s1. The molecule has 0 radical (unpaired) electrons. The molecule has 9 heteroatoms. The van der Waals surface area contributed by atoms with E-state index in [1.54, 1.807) is 22.8 Å². The molecule has 0 saturated carbocycles. The summed E-state index contributed by atoms with van der Waals surface area (Å²) in [4.78, 5) is 29.3. The van der Waals surface area contributed by atoms with Gasteiger partial charge in [0.2, 0.25) is 5.91 Å². The van der Waals surface area contributed by atoms with Crippen LogP contribution in [-0.2, 0) is 24.6 Å². The number of piperidine rings is 1. The Hall–Kier alpha value is -2.84. The highest BCUT2D eigenvalue weighted by molar-refractivity contribution is 5.94. The largest absolute Gasteiger partial charge is 0.416 e. The molecule has 1 aromatic carbocycles. The second kappa shape index (κ2) is 7.14. The summed E-state index contributed by atoms with van der Waals surface area (Å²) in [6.45, 7) is 2.71. The van der Waals surface area contributed by atoms with E-state index in [0.29, 0.717) is 36.9 Å². The van der Waals surface area contributed by atoms with Crippen molar-refractivity contribution in [3.8, 4) is 0 Å². The number of nitrogens with zero attached hydrogens (tertiary/aromatic N) is 4. The fourth-order valence-corrected chi connectivity index (χ4v) is 4.66. The average Bonchev–Trinajstić information content (AvgIpc) is 3.27. The number of carbonyl (C=O) groups is 2. The van der Waals surface area contributed by atoms with Gasteiger partial charge in [-0.15, -0.1) is 0 Å². The maximum atomic E-state index is 13.0. The number of amides is 2. The number of rotatable bonds is 3. The molecule has 0 spiro atoms. The number of carbonyl (C=O) groups excluding carboxylic acids is 2. The summed E-state index contributed by atoms with van der Waals surface area (Å²) in [7, 11) is 1.75. The maximum absolute atomic E-state index is 13.0. The van der Waals surface area contributed by atoms with Crippen LogP contribution in [0.1, 0.15) is 47.7 Å². The Balaban J connectivity index is 1.56. The fraction of sp³-hybridized carbons (Fsp3) is 0.476. The lowest BCUT2D eigenvalue weighted by Crippen LogP contribution is -2.60. The lowest BCUT2D eigenvalue weighted by molar-refractivity contribution is -0.144. The van der Waals surface area contributed by atoms with Crippen molar-refractivity contribution in [2.45, 2.75) is 50.5 Å². The van der Waals surface area contributed by atoms with E-state index < -0.39 is 17.3 Å². The number of aromatic nitrogens is 2. The van der Waals surface area contributed by atoms with Crippen molar-refractivity contribution in [1.82, 2.24) is 19.6 Å². The Bertz CT molecular complexity index is 969. The molecule has 2 aromatic rings. The van der Waals surface area contributed by atoms with Gasteiger partial charge in [-0.1, -0.05) is 12.1 Å². The summed E-state index contributed by atoms with van der Waals surface area (Å²) >= 11 is 0. The highest BCUT2D eigenvalue weighted by Crippen LogP contribution is 2.42. The predicted octanol–water partition coefficient (Wildman–Crippen LogP) is 3.23. The summed E-state index contributed by atoms with van der Waals surface area (Å²) in [5.74, 6) is -0.148. The highest BCUT2D eigenvalue weighted by atomic mass is 19.4. The van der Waals surface area contributed by atoms with Crippen molar-refractivity contribution in [2.75, 3.05) is 6.54 Å². The molecule has 2 aliphatic heterocycles. The number of fused-ring (bicyclic) bond motifs is 1. The molecule has 0 bridgehead atoms. The number of hydrogen-bond acceptors (Lipinski definition) is 3. The quantitative estimate of drug-likeness (QED) is 0.766. The zero-order valence-corrected chi connectivity index (χ0v) is 16.8. The molecule has 160 valence electrons. The summed E-state index contributed by atoms with van der Waals surface area (Å²) < 4.78 is 40.1. The van der Waals surface area contributed by atoms with Crippen LogP contribution in [0.4, 0.5) is 13.2 Å². The lowest BCUT2D eigenvalue weighted by atomic mass is 9.83. The molecular weight excluding hydrogens is 397 g/mol. The second-order valence-electron chi connectivity index (χ2n) is 8.24. The van der Waals surface area contributed by atoms with Crippen LogP contribution in [0.2, 0.25) is 0 Å². The van der Waals surface area contributed by atoms with Crippen LogP contribution in [0.15, 0.2) is 36.7 Å². The molecule has 0 unspecified atom stereocenters. The third kappa shape index (κ3) is 3.46. The van der Waals surface area contributed by atoms with Crippen molar-refractivity contribution in [2.24, 2.45) is 7.05 Å². The van der Waals surface area contributed by atoms with Gasteiger partial charge in [0.15, 0.2) is 0 Å². The third-order valence-corrected chi connectivity index (χ3v) is 6.34. The van der Waals surface area contributed by atoms with Crippen LogP contribution in [0.3, 0.4) is 0 Å². The number of halogens is 3. The van der Waals surface area contributed by atoms with Gasteiger partial charge in [-0.3, -0.25) is 14.3 Å². The Morgan fingerprint density at radius 1 is 1.27 bits per heavy atom. The summed E-state index contributed by atoms with van der Waals surface area (Å²) in [6.07, 6.45) is 0.311. The first-order valence-corrected chi connectivity index (χ1v) is 9.86. The lowest BCUT2D eigenvalue weighted by Gasteiger charge is -2.47. The number of benzene rings is 1. The number of likely N-dealkylation sites (tertiary alicyclic amines) is 2. The molecular formula is C21H23F3N4O2. The zero-order chi connectivity index (χ0) is 21.7. The minimum Gasteiger partial charge on any atom is -0.333 e. The summed E-state index contributed by atoms with van der Waals surface area (Å²) in [5.41, 5.74) is -0.131. The van der Waals surface area contributed by atoms with Crippen molar-refractivity contribution >= 4 is 11.8 Å². The number of hydrogen-bond donors (Lipinski definition) is 0. The molecule has 3 heterocycles. The van der Waals surface area contributed by atoms with Crippen LogP contribution in [-0.4, -0.2) is 49.5 Å². The molecule has 2 saturated heterocycles. The number of aryl methyl sites for hydroxylation is 1. The number of alkyl halides is 3. The van der Waals surface area contributed by atoms with Crippen molar-refractivity contribution in [1.29, 1.82) is 0 Å².